The molecule has 2 aromatic heterocycles. The number of nitrogen functional groups attached to an aromatic ring is 1. The third-order valence-electron chi connectivity index (χ3n) is 4.60. The summed E-state index contributed by atoms with van der Waals surface area (Å²) in [6.07, 6.45) is 0.693. The maximum atomic E-state index is 13.5. The minimum atomic E-state index is -0.798. The maximum absolute atomic E-state index is 13.5. The molecule has 0 spiro atoms. The van der Waals surface area contributed by atoms with Crippen LogP contribution in [0.3, 0.4) is 0 Å². The molecule has 0 bridgehead atoms. The van der Waals surface area contributed by atoms with Gasteiger partial charge in [0.05, 0.1) is 27.8 Å². The van der Waals surface area contributed by atoms with E-state index in [-0.39, 0.29) is 22.2 Å². The molecule has 1 aliphatic heterocycles. The van der Waals surface area contributed by atoms with Crippen LogP contribution in [0.1, 0.15) is 17.6 Å². The van der Waals surface area contributed by atoms with Crippen molar-refractivity contribution in [1.29, 1.82) is 0 Å². The number of hydrogen-bond acceptors (Lipinski definition) is 6. The van der Waals surface area contributed by atoms with E-state index in [1.807, 2.05) is 0 Å². The lowest BCUT2D eigenvalue weighted by molar-refractivity contribution is 0.627. The minimum absolute atomic E-state index is 0.0814. The summed E-state index contributed by atoms with van der Waals surface area (Å²) in [6, 6.07) is 13.3. The fourth-order valence-electron chi connectivity index (χ4n) is 3.24. The Morgan fingerprint density at radius 1 is 1.20 bits per heavy atom. The van der Waals surface area contributed by atoms with Crippen molar-refractivity contribution < 1.29 is 4.39 Å². The summed E-state index contributed by atoms with van der Waals surface area (Å²) in [4.78, 5) is 30.4. The van der Waals surface area contributed by atoms with Gasteiger partial charge in [-0.3, -0.25) is 14.7 Å². The molecule has 0 fully saturated rings. The van der Waals surface area contributed by atoms with Gasteiger partial charge in [0.1, 0.15) is 5.82 Å². The average Bonchev–Trinajstić information content (AvgIpc) is 2.74. The average molecular weight is 421 g/mol. The number of nitrogens with zero attached hydrogens (tertiary/aromatic N) is 5. The smallest absolute Gasteiger partial charge is 0.368 e. The summed E-state index contributed by atoms with van der Waals surface area (Å²) in [5.74, 6) is 0.326. The molecule has 0 saturated carbocycles. The van der Waals surface area contributed by atoms with E-state index in [1.54, 1.807) is 18.2 Å². The lowest BCUT2D eigenvalue weighted by Crippen LogP contribution is -2.28. The number of halogens is 2. The van der Waals surface area contributed by atoms with E-state index in [9.17, 15) is 9.18 Å². The number of hydrogen-bond donors (Lipinski definition) is 2. The van der Waals surface area contributed by atoms with Crippen LogP contribution in [0.5, 0.6) is 0 Å². The predicted octanol–water partition coefficient (Wildman–Crippen LogP) is 3.36. The molecule has 1 unspecified atom stereocenters. The molecular weight excluding hydrogens is 409 g/mol. The molecular formula is C20H12ClFN7O+. The molecule has 1 aliphatic rings. The Labute approximate surface area is 173 Å². The van der Waals surface area contributed by atoms with Gasteiger partial charge in [-0.25, -0.2) is 14.4 Å². The third-order valence-corrected chi connectivity index (χ3v) is 4.91. The number of rotatable bonds is 2. The van der Waals surface area contributed by atoms with Gasteiger partial charge in [0.15, 0.2) is 11.4 Å². The van der Waals surface area contributed by atoms with Gasteiger partial charge in [0.2, 0.25) is 11.8 Å². The fraction of sp³-hybridized carbons (Fsp3) is 0.0500. The van der Waals surface area contributed by atoms with Crippen molar-refractivity contribution in [3.05, 3.63) is 86.1 Å². The second-order valence-corrected chi connectivity index (χ2v) is 6.91. The number of nitrogens with two attached hydrogens (primary N) is 1. The van der Waals surface area contributed by atoms with Gasteiger partial charge < -0.3 is 5.73 Å². The van der Waals surface area contributed by atoms with Gasteiger partial charge in [0, 0.05) is 0 Å². The summed E-state index contributed by atoms with van der Waals surface area (Å²) in [5, 5.41) is 3.61. The quantitative estimate of drug-likeness (QED) is 0.515. The van der Waals surface area contributed by atoms with Crippen LogP contribution in [0.25, 0.3) is 21.4 Å². The van der Waals surface area contributed by atoms with Crippen LogP contribution in [0.15, 0.2) is 53.5 Å². The Bertz CT molecular complexity index is 1440. The number of anilines is 2. The molecule has 1 atom stereocenters. The van der Waals surface area contributed by atoms with E-state index in [1.165, 1.54) is 35.0 Å². The summed E-state index contributed by atoms with van der Waals surface area (Å²) < 4.78 is 14.8. The normalized spacial score (nSPS) is 14.5. The van der Waals surface area contributed by atoms with E-state index in [4.69, 9.17) is 17.3 Å². The zero-order chi connectivity index (χ0) is 20.8. The van der Waals surface area contributed by atoms with Crippen molar-refractivity contribution in [3.63, 3.8) is 0 Å². The van der Waals surface area contributed by atoms with Crippen LogP contribution >= 0.6 is 11.6 Å². The van der Waals surface area contributed by atoms with Crippen molar-refractivity contribution in [2.45, 2.75) is 6.17 Å². The van der Waals surface area contributed by atoms with Crippen molar-refractivity contribution in [3.8, 4) is 11.8 Å². The molecule has 0 aliphatic carbocycles. The molecule has 10 heteroatoms. The van der Waals surface area contributed by atoms with Crippen LogP contribution in [-0.4, -0.2) is 19.5 Å². The lowest BCUT2D eigenvalue weighted by atomic mass is 10.2. The fourth-order valence-corrected chi connectivity index (χ4v) is 3.49. The van der Waals surface area contributed by atoms with Crippen LogP contribution < -0.4 is 16.6 Å². The van der Waals surface area contributed by atoms with Crippen molar-refractivity contribution >= 4 is 34.3 Å². The monoisotopic (exact) mass is 420 g/mol. The van der Waals surface area contributed by atoms with Crippen molar-refractivity contribution in [1.82, 2.24) is 19.5 Å². The molecule has 8 nitrogen and oxygen atoms in total. The minimum Gasteiger partial charge on any atom is -0.368 e. The largest absolute Gasteiger partial charge is 0.405 e. The predicted molar refractivity (Wildman–Crippen MR) is 111 cm³/mol. The van der Waals surface area contributed by atoms with Gasteiger partial charge in [-0.15, -0.1) is 0 Å². The standard InChI is InChI=1S/C20H11ClFN7O/c21-13-2-1-3-14-15(13)19(30)29(12-6-4-11(22)5-7-12)18(26-14)17-24-8-10-9-25-20(23)28-16(10)27-17/h1-7,9,17H,(H2,23,27,28)/p+1. The van der Waals surface area contributed by atoms with E-state index in [0.29, 0.717) is 22.6 Å². The SMILES string of the molecule is Nc1ncc2c(n1)NC(c1nc3cccc(Cl)c3c(=O)n1-c1ccc(F)cc1)[N+]#C2. The highest BCUT2D eigenvalue weighted by Gasteiger charge is 2.33. The highest BCUT2D eigenvalue weighted by Crippen LogP contribution is 2.28. The topological polar surface area (TPSA) is 103 Å². The van der Waals surface area contributed by atoms with Crippen LogP contribution in [0, 0.1) is 11.9 Å². The van der Waals surface area contributed by atoms with Gasteiger partial charge in [0.25, 0.3) is 5.56 Å². The first kappa shape index (κ1) is 18.0. The van der Waals surface area contributed by atoms with E-state index in [0.717, 1.165) is 0 Å². The molecule has 0 radical (unpaired) electrons. The first-order chi connectivity index (χ1) is 14.5. The zero-order valence-corrected chi connectivity index (χ0v) is 15.9. The molecule has 3 N–H and O–H groups in total. The molecule has 5 rings (SSSR count). The first-order valence-corrected chi connectivity index (χ1v) is 9.21. The number of benzene rings is 2. The Morgan fingerprint density at radius 2 is 2.00 bits per heavy atom. The number of fused-ring (bicyclic) bond motifs is 2. The lowest BCUT2D eigenvalue weighted by Gasteiger charge is -2.16. The second kappa shape index (κ2) is 6.79. The van der Waals surface area contributed by atoms with Gasteiger partial charge in [-0.05, 0) is 41.2 Å². The number of aromatic nitrogens is 4. The first-order valence-electron chi connectivity index (χ1n) is 8.83. The molecule has 30 heavy (non-hydrogen) atoms. The Kier molecular flexibility index (Phi) is 4.08. The highest BCUT2D eigenvalue weighted by molar-refractivity contribution is 6.35. The molecule has 146 valence electrons. The number of nitrogens with one attached hydrogen (secondary N) is 1. The zero-order valence-electron chi connectivity index (χ0n) is 15.2. The third kappa shape index (κ3) is 2.91. The summed E-state index contributed by atoms with van der Waals surface area (Å²) in [5.41, 5.74) is 6.62. The van der Waals surface area contributed by atoms with Crippen molar-refractivity contribution in [2.24, 2.45) is 0 Å². The van der Waals surface area contributed by atoms with Gasteiger partial charge in [-0.2, -0.15) is 4.98 Å². The highest BCUT2D eigenvalue weighted by atomic mass is 35.5. The molecule has 4 aromatic rings. The summed E-state index contributed by atoms with van der Waals surface area (Å²) in [7, 11) is 0. The van der Waals surface area contributed by atoms with E-state index < -0.39 is 17.5 Å². The van der Waals surface area contributed by atoms with E-state index >= 15 is 0 Å². The molecule has 2 aromatic carbocycles. The van der Waals surface area contributed by atoms with Gasteiger partial charge >= 0.3 is 12.2 Å². The van der Waals surface area contributed by atoms with Crippen LogP contribution in [-0.2, 0) is 0 Å². The van der Waals surface area contributed by atoms with Gasteiger partial charge in [-0.1, -0.05) is 17.7 Å². The Balaban J connectivity index is 1.78. The summed E-state index contributed by atoms with van der Waals surface area (Å²) >= 11 is 6.27. The van der Waals surface area contributed by atoms with Crippen molar-refractivity contribution in [2.75, 3.05) is 11.1 Å². The summed E-state index contributed by atoms with van der Waals surface area (Å²) in [6.45, 7) is 0. The molecule has 3 heterocycles. The maximum Gasteiger partial charge on any atom is 0.405 e. The molecule has 0 amide bonds. The Morgan fingerprint density at radius 3 is 2.80 bits per heavy atom. The second-order valence-electron chi connectivity index (χ2n) is 6.50. The van der Waals surface area contributed by atoms with Crippen LogP contribution in [0.4, 0.5) is 16.2 Å². The molecule has 0 saturated heterocycles. The van der Waals surface area contributed by atoms with E-state index in [2.05, 4.69) is 31.2 Å². The van der Waals surface area contributed by atoms with Crippen LogP contribution in [0.2, 0.25) is 5.02 Å². The Hall–Kier alpha value is -4.03.